The Hall–Kier alpha value is -1.98. The Morgan fingerprint density at radius 2 is 1.96 bits per heavy atom. The van der Waals surface area contributed by atoms with Gasteiger partial charge >= 0.3 is 6.18 Å². The molecule has 0 saturated heterocycles. The topological polar surface area (TPSA) is 54.7 Å². The van der Waals surface area contributed by atoms with Gasteiger partial charge in [-0.05, 0) is 19.1 Å². The zero-order chi connectivity index (χ0) is 19.9. The molecule has 1 aromatic heterocycles. The summed E-state index contributed by atoms with van der Waals surface area (Å²) in [6.07, 6.45) is -3.16. The number of likely N-dealkylation sites (N-methyl/N-ethyl adjacent to an activating group) is 1. The first-order valence-corrected chi connectivity index (χ1v) is 8.58. The molecule has 1 heterocycles. The second-order valence-electron chi connectivity index (χ2n) is 5.93. The van der Waals surface area contributed by atoms with Crippen LogP contribution in [-0.2, 0) is 19.8 Å². The fraction of sp³-hybridized carbons (Fsp3) is 0.444. The van der Waals surface area contributed by atoms with Crippen molar-refractivity contribution in [3.63, 3.8) is 0 Å². The summed E-state index contributed by atoms with van der Waals surface area (Å²) in [5, 5.41) is 6.58. The van der Waals surface area contributed by atoms with E-state index in [-0.39, 0.29) is 36.1 Å². The molecule has 10 heteroatoms. The molecule has 2 aromatic rings. The average molecular weight is 511 g/mol. The number of guanidine groups is 1. The van der Waals surface area contributed by atoms with Crippen LogP contribution >= 0.6 is 24.0 Å². The maximum Gasteiger partial charge on any atom is 0.435 e. The Morgan fingerprint density at radius 3 is 2.57 bits per heavy atom. The Labute approximate surface area is 179 Å². The van der Waals surface area contributed by atoms with E-state index < -0.39 is 11.9 Å². The van der Waals surface area contributed by atoms with Crippen molar-refractivity contribution in [1.82, 2.24) is 20.0 Å². The average Bonchev–Trinajstić information content (AvgIpc) is 3.00. The molecule has 0 radical (unpaired) electrons. The third-order valence-corrected chi connectivity index (χ3v) is 3.71. The van der Waals surface area contributed by atoms with Gasteiger partial charge in [-0.1, -0.05) is 18.2 Å². The fourth-order valence-electron chi connectivity index (χ4n) is 2.44. The third kappa shape index (κ3) is 7.21. The van der Waals surface area contributed by atoms with Gasteiger partial charge in [0.25, 0.3) is 0 Å². The largest absolute Gasteiger partial charge is 0.492 e. The maximum absolute atomic E-state index is 13.1. The highest BCUT2D eigenvalue weighted by atomic mass is 127. The normalized spacial score (nSPS) is 11.7. The second kappa shape index (κ2) is 11.1. The summed E-state index contributed by atoms with van der Waals surface area (Å²) in [4.78, 5) is 6.13. The van der Waals surface area contributed by atoms with Crippen molar-refractivity contribution in [3.05, 3.63) is 47.8 Å². The summed E-state index contributed by atoms with van der Waals surface area (Å²) in [5.41, 5.74) is -0.867. The number of alkyl halides is 3. The summed E-state index contributed by atoms with van der Waals surface area (Å²) in [6.45, 7) is 3.33. The van der Waals surface area contributed by atoms with Gasteiger partial charge in [0.05, 0.1) is 13.1 Å². The van der Waals surface area contributed by atoms with Crippen molar-refractivity contribution in [2.45, 2.75) is 19.6 Å². The van der Waals surface area contributed by atoms with Gasteiger partial charge in [-0.2, -0.15) is 18.3 Å². The van der Waals surface area contributed by atoms with E-state index in [1.807, 2.05) is 49.2 Å². The first-order chi connectivity index (χ1) is 12.8. The van der Waals surface area contributed by atoms with Gasteiger partial charge in [0, 0.05) is 32.4 Å². The molecule has 0 aliphatic heterocycles. The highest BCUT2D eigenvalue weighted by Gasteiger charge is 2.36. The number of aliphatic imine (C=N–C) groups is 1. The monoisotopic (exact) mass is 511 g/mol. The fourth-order valence-corrected chi connectivity index (χ4v) is 2.44. The van der Waals surface area contributed by atoms with Crippen molar-refractivity contribution < 1.29 is 17.9 Å². The van der Waals surface area contributed by atoms with E-state index in [1.54, 1.807) is 0 Å². The molecule has 0 fully saturated rings. The number of ether oxygens (including phenoxy) is 1. The zero-order valence-electron chi connectivity index (χ0n) is 16.0. The van der Waals surface area contributed by atoms with Crippen molar-refractivity contribution >= 4 is 29.9 Å². The van der Waals surface area contributed by atoms with Gasteiger partial charge < -0.3 is 15.0 Å². The predicted molar refractivity (Wildman–Crippen MR) is 113 cm³/mol. The minimum absolute atomic E-state index is 0. The molecule has 1 N–H and O–H groups in total. The minimum atomic E-state index is -4.50. The SMILES string of the molecule is CCNC(=NCc1cn(C)nc1C(F)(F)F)N(C)CCOc1ccccc1.I. The van der Waals surface area contributed by atoms with Crippen LogP contribution in [0.3, 0.4) is 0 Å². The number of nitrogens with one attached hydrogen (secondary N) is 1. The minimum Gasteiger partial charge on any atom is -0.492 e. The van der Waals surface area contributed by atoms with E-state index in [9.17, 15) is 13.2 Å². The zero-order valence-corrected chi connectivity index (χ0v) is 18.4. The molecule has 28 heavy (non-hydrogen) atoms. The molecule has 6 nitrogen and oxygen atoms in total. The summed E-state index contributed by atoms with van der Waals surface area (Å²) in [5.74, 6) is 1.27. The van der Waals surface area contributed by atoms with Crippen LogP contribution in [0.15, 0.2) is 41.5 Å². The lowest BCUT2D eigenvalue weighted by Gasteiger charge is -2.22. The van der Waals surface area contributed by atoms with Crippen LogP contribution in [-0.4, -0.2) is 47.4 Å². The highest BCUT2D eigenvalue weighted by Crippen LogP contribution is 2.30. The number of halogens is 4. The lowest BCUT2D eigenvalue weighted by molar-refractivity contribution is -0.142. The number of aryl methyl sites for hydroxylation is 1. The van der Waals surface area contributed by atoms with Crippen molar-refractivity contribution in [2.24, 2.45) is 12.0 Å². The number of hydrogen-bond donors (Lipinski definition) is 1. The van der Waals surface area contributed by atoms with Crippen LogP contribution < -0.4 is 10.1 Å². The molecule has 0 saturated carbocycles. The highest BCUT2D eigenvalue weighted by molar-refractivity contribution is 14.0. The standard InChI is InChI=1S/C18H24F3N5O.HI/c1-4-22-17(25(2)10-11-27-15-8-6-5-7-9-15)23-12-14-13-26(3)24-16(14)18(19,20)21;/h5-9,13H,4,10-12H2,1-3H3,(H,22,23);1H. The molecule has 1 aromatic carbocycles. The van der Waals surface area contributed by atoms with E-state index in [2.05, 4.69) is 15.4 Å². The van der Waals surface area contributed by atoms with Gasteiger partial charge in [0.15, 0.2) is 11.7 Å². The molecule has 0 amide bonds. The van der Waals surface area contributed by atoms with Crippen LogP contribution in [0.1, 0.15) is 18.2 Å². The first kappa shape index (κ1) is 24.1. The van der Waals surface area contributed by atoms with Crippen molar-refractivity contribution in [3.8, 4) is 5.75 Å². The molecule has 156 valence electrons. The van der Waals surface area contributed by atoms with E-state index >= 15 is 0 Å². The van der Waals surface area contributed by atoms with Gasteiger partial charge in [0.2, 0.25) is 0 Å². The van der Waals surface area contributed by atoms with Crippen LogP contribution in [0, 0.1) is 0 Å². The van der Waals surface area contributed by atoms with Gasteiger partial charge in [-0.15, -0.1) is 24.0 Å². The Morgan fingerprint density at radius 1 is 1.29 bits per heavy atom. The molecule has 2 rings (SSSR count). The number of nitrogens with zero attached hydrogens (tertiary/aromatic N) is 4. The van der Waals surface area contributed by atoms with Gasteiger partial charge in [-0.3, -0.25) is 4.68 Å². The molecular weight excluding hydrogens is 486 g/mol. The lowest BCUT2D eigenvalue weighted by Crippen LogP contribution is -2.40. The van der Waals surface area contributed by atoms with Gasteiger partial charge in [-0.25, -0.2) is 4.99 Å². The third-order valence-electron chi connectivity index (χ3n) is 3.71. The van der Waals surface area contributed by atoms with Crippen LogP contribution in [0.5, 0.6) is 5.75 Å². The Bertz CT molecular complexity index is 749. The number of benzene rings is 1. The summed E-state index contributed by atoms with van der Waals surface area (Å²) < 4.78 is 46.0. The first-order valence-electron chi connectivity index (χ1n) is 8.58. The van der Waals surface area contributed by atoms with Gasteiger partial charge in [0.1, 0.15) is 12.4 Å². The molecule has 0 unspecified atom stereocenters. The number of para-hydroxylation sites is 1. The van der Waals surface area contributed by atoms with Crippen molar-refractivity contribution in [2.75, 3.05) is 26.7 Å². The quantitative estimate of drug-likeness (QED) is 0.351. The lowest BCUT2D eigenvalue weighted by atomic mass is 10.2. The molecular formula is C18H25F3IN5O. The predicted octanol–water partition coefficient (Wildman–Crippen LogP) is 3.53. The summed E-state index contributed by atoms with van der Waals surface area (Å²) in [6, 6.07) is 9.40. The van der Waals surface area contributed by atoms with E-state index in [1.165, 1.54) is 13.2 Å². The van der Waals surface area contributed by atoms with E-state index in [0.29, 0.717) is 25.7 Å². The van der Waals surface area contributed by atoms with Crippen LogP contribution in [0.25, 0.3) is 0 Å². The summed E-state index contributed by atoms with van der Waals surface area (Å²) in [7, 11) is 3.27. The smallest absolute Gasteiger partial charge is 0.435 e. The van der Waals surface area contributed by atoms with Crippen LogP contribution in [0.4, 0.5) is 13.2 Å². The molecule has 0 aliphatic carbocycles. The Balaban J connectivity index is 0.00000392. The number of rotatable bonds is 7. The second-order valence-corrected chi connectivity index (χ2v) is 5.93. The summed E-state index contributed by atoms with van der Waals surface area (Å²) >= 11 is 0. The maximum atomic E-state index is 13.1. The molecule has 0 aliphatic rings. The molecule has 0 spiro atoms. The Kier molecular flexibility index (Phi) is 9.56. The van der Waals surface area contributed by atoms with Crippen LogP contribution in [0.2, 0.25) is 0 Å². The van der Waals surface area contributed by atoms with E-state index in [4.69, 9.17) is 4.74 Å². The van der Waals surface area contributed by atoms with E-state index in [0.717, 1.165) is 10.4 Å². The molecule has 0 atom stereocenters. The molecule has 0 bridgehead atoms. The number of hydrogen-bond acceptors (Lipinski definition) is 3. The number of aromatic nitrogens is 2. The van der Waals surface area contributed by atoms with Crippen molar-refractivity contribution in [1.29, 1.82) is 0 Å².